The number of rotatable bonds is 3. The number of hydrogen-bond acceptors (Lipinski definition) is 4. The molecule has 0 bridgehead atoms. The van der Waals surface area contributed by atoms with Crippen LogP contribution in [0.4, 0.5) is 5.69 Å². The molecule has 1 aromatic carbocycles. The van der Waals surface area contributed by atoms with Crippen molar-refractivity contribution in [2.24, 2.45) is 5.84 Å². The Labute approximate surface area is 115 Å². The number of thiophene rings is 1. The van der Waals surface area contributed by atoms with Gasteiger partial charge in [-0.05, 0) is 35.1 Å². The van der Waals surface area contributed by atoms with Gasteiger partial charge in [0.1, 0.15) is 0 Å². The van der Waals surface area contributed by atoms with Crippen molar-refractivity contribution in [1.82, 2.24) is 5.43 Å². The maximum absolute atomic E-state index is 11.7. The smallest absolute Gasteiger partial charge is 0.275 e. The molecule has 1 aliphatic rings. The van der Waals surface area contributed by atoms with Crippen molar-refractivity contribution >= 4 is 22.9 Å². The Morgan fingerprint density at radius 2 is 2.21 bits per heavy atom. The van der Waals surface area contributed by atoms with Crippen LogP contribution >= 0.6 is 11.3 Å². The van der Waals surface area contributed by atoms with E-state index in [2.05, 4.69) is 34.6 Å². The zero-order valence-electron chi connectivity index (χ0n) is 10.4. The van der Waals surface area contributed by atoms with E-state index in [-0.39, 0.29) is 5.91 Å². The summed E-state index contributed by atoms with van der Waals surface area (Å²) in [7, 11) is 0. The molecule has 0 spiro atoms. The zero-order valence-corrected chi connectivity index (χ0v) is 11.2. The standard InChI is InChI=1S/C14H15N3OS/c15-16-14(18)13-11(6-8-19-13)9-17-7-5-10-3-1-2-4-12(10)17/h1-4,6,8H,5,7,9,15H2,(H,16,18). The Bertz CT molecular complexity index is 608. The first-order valence-electron chi connectivity index (χ1n) is 6.20. The minimum Gasteiger partial charge on any atom is -0.367 e. The SMILES string of the molecule is NNC(=O)c1sccc1CN1CCc2ccccc21. The topological polar surface area (TPSA) is 58.4 Å². The Kier molecular flexibility index (Phi) is 3.23. The van der Waals surface area contributed by atoms with Gasteiger partial charge in [-0.15, -0.1) is 11.3 Å². The van der Waals surface area contributed by atoms with Gasteiger partial charge >= 0.3 is 0 Å². The molecule has 98 valence electrons. The summed E-state index contributed by atoms with van der Waals surface area (Å²) < 4.78 is 0. The Morgan fingerprint density at radius 1 is 1.37 bits per heavy atom. The van der Waals surface area contributed by atoms with Crippen molar-refractivity contribution in [3.05, 3.63) is 51.7 Å². The van der Waals surface area contributed by atoms with Gasteiger partial charge in [0.2, 0.25) is 0 Å². The second kappa shape index (κ2) is 5.03. The average molecular weight is 273 g/mol. The van der Waals surface area contributed by atoms with Crippen LogP contribution in [0.3, 0.4) is 0 Å². The number of nitrogen functional groups attached to an aromatic ring is 1. The molecule has 3 N–H and O–H groups in total. The monoisotopic (exact) mass is 273 g/mol. The summed E-state index contributed by atoms with van der Waals surface area (Å²) in [6, 6.07) is 10.4. The van der Waals surface area contributed by atoms with Crippen molar-refractivity contribution < 1.29 is 4.79 Å². The molecule has 1 aliphatic heterocycles. The number of fused-ring (bicyclic) bond motifs is 1. The summed E-state index contributed by atoms with van der Waals surface area (Å²) in [6.45, 7) is 1.75. The number of carbonyl (C=O) groups is 1. The number of carbonyl (C=O) groups excluding carboxylic acids is 1. The summed E-state index contributed by atoms with van der Waals surface area (Å²) >= 11 is 1.43. The van der Waals surface area contributed by atoms with E-state index in [9.17, 15) is 4.79 Å². The maximum atomic E-state index is 11.7. The van der Waals surface area contributed by atoms with Gasteiger partial charge in [0, 0.05) is 18.8 Å². The average Bonchev–Trinajstić information content (AvgIpc) is 3.06. The summed E-state index contributed by atoms with van der Waals surface area (Å²) in [5.74, 6) is 5.00. The minimum absolute atomic E-state index is 0.211. The predicted octanol–water partition coefficient (Wildman–Crippen LogP) is 1.91. The summed E-state index contributed by atoms with van der Waals surface area (Å²) in [5, 5.41) is 1.93. The van der Waals surface area contributed by atoms with Crippen molar-refractivity contribution in [1.29, 1.82) is 0 Å². The fourth-order valence-electron chi connectivity index (χ4n) is 2.50. The molecular formula is C14H15N3OS. The van der Waals surface area contributed by atoms with Crippen LogP contribution in [0, 0.1) is 0 Å². The van der Waals surface area contributed by atoms with E-state index in [0.717, 1.165) is 25.1 Å². The lowest BCUT2D eigenvalue weighted by Gasteiger charge is -2.19. The highest BCUT2D eigenvalue weighted by molar-refractivity contribution is 7.12. The number of nitrogens with one attached hydrogen (secondary N) is 1. The lowest BCUT2D eigenvalue weighted by Crippen LogP contribution is -2.30. The fourth-order valence-corrected chi connectivity index (χ4v) is 3.32. The third kappa shape index (κ3) is 2.22. The van der Waals surface area contributed by atoms with Crippen LogP contribution in [0.5, 0.6) is 0 Å². The van der Waals surface area contributed by atoms with Crippen molar-refractivity contribution in [3.63, 3.8) is 0 Å². The predicted molar refractivity (Wildman–Crippen MR) is 77.2 cm³/mol. The van der Waals surface area contributed by atoms with E-state index in [1.54, 1.807) is 0 Å². The van der Waals surface area contributed by atoms with Crippen LogP contribution in [-0.2, 0) is 13.0 Å². The first-order chi connectivity index (χ1) is 9.29. The number of para-hydroxylation sites is 1. The number of hydrazine groups is 1. The second-order valence-corrected chi connectivity index (χ2v) is 5.46. The van der Waals surface area contributed by atoms with Crippen LogP contribution in [0.15, 0.2) is 35.7 Å². The van der Waals surface area contributed by atoms with Gasteiger partial charge in [-0.25, -0.2) is 5.84 Å². The highest BCUT2D eigenvalue weighted by Crippen LogP contribution is 2.30. The summed E-state index contributed by atoms with van der Waals surface area (Å²) in [6.07, 6.45) is 1.07. The van der Waals surface area contributed by atoms with Gasteiger partial charge in [-0.3, -0.25) is 10.2 Å². The molecule has 0 fully saturated rings. The quantitative estimate of drug-likeness (QED) is 0.510. The first-order valence-corrected chi connectivity index (χ1v) is 7.07. The van der Waals surface area contributed by atoms with Gasteiger partial charge < -0.3 is 4.90 Å². The molecule has 0 radical (unpaired) electrons. The number of nitrogens with two attached hydrogens (primary N) is 1. The largest absolute Gasteiger partial charge is 0.367 e. The molecule has 2 aromatic rings. The van der Waals surface area contributed by atoms with E-state index in [0.29, 0.717) is 4.88 Å². The molecule has 0 unspecified atom stereocenters. The number of nitrogens with zero attached hydrogens (tertiary/aromatic N) is 1. The Balaban J connectivity index is 1.84. The molecule has 0 atom stereocenters. The van der Waals surface area contributed by atoms with E-state index in [1.165, 1.54) is 22.6 Å². The third-order valence-corrected chi connectivity index (χ3v) is 4.38. The lowest BCUT2D eigenvalue weighted by atomic mass is 10.2. The summed E-state index contributed by atoms with van der Waals surface area (Å²) in [5.41, 5.74) is 5.89. The lowest BCUT2D eigenvalue weighted by molar-refractivity contribution is 0.0957. The van der Waals surface area contributed by atoms with Gasteiger partial charge in [0.25, 0.3) is 5.91 Å². The van der Waals surface area contributed by atoms with Crippen molar-refractivity contribution in [2.75, 3.05) is 11.4 Å². The Hall–Kier alpha value is -1.85. The highest BCUT2D eigenvalue weighted by Gasteiger charge is 2.21. The fraction of sp³-hybridized carbons (Fsp3) is 0.214. The second-order valence-electron chi connectivity index (χ2n) is 4.55. The van der Waals surface area contributed by atoms with Gasteiger partial charge in [-0.1, -0.05) is 18.2 Å². The zero-order chi connectivity index (χ0) is 13.2. The molecule has 0 saturated carbocycles. The van der Waals surface area contributed by atoms with Crippen LogP contribution in [0.1, 0.15) is 20.8 Å². The van der Waals surface area contributed by atoms with Crippen LogP contribution in [0.2, 0.25) is 0 Å². The molecule has 3 rings (SSSR count). The van der Waals surface area contributed by atoms with E-state index >= 15 is 0 Å². The van der Waals surface area contributed by atoms with E-state index in [1.807, 2.05) is 11.4 Å². The van der Waals surface area contributed by atoms with Crippen LogP contribution < -0.4 is 16.2 Å². The third-order valence-electron chi connectivity index (χ3n) is 3.43. The molecule has 0 saturated heterocycles. The molecule has 0 aliphatic carbocycles. The van der Waals surface area contributed by atoms with Crippen LogP contribution in [-0.4, -0.2) is 12.5 Å². The van der Waals surface area contributed by atoms with Crippen molar-refractivity contribution in [2.45, 2.75) is 13.0 Å². The summed E-state index contributed by atoms with van der Waals surface area (Å²) in [4.78, 5) is 14.7. The van der Waals surface area contributed by atoms with Crippen molar-refractivity contribution in [3.8, 4) is 0 Å². The maximum Gasteiger partial charge on any atom is 0.275 e. The molecule has 1 amide bonds. The molecular weight excluding hydrogens is 258 g/mol. The minimum atomic E-state index is -0.211. The van der Waals surface area contributed by atoms with Gasteiger partial charge in [0.15, 0.2) is 0 Å². The van der Waals surface area contributed by atoms with Crippen LogP contribution in [0.25, 0.3) is 0 Å². The van der Waals surface area contributed by atoms with Gasteiger partial charge in [-0.2, -0.15) is 0 Å². The first kappa shape index (κ1) is 12.2. The van der Waals surface area contributed by atoms with Gasteiger partial charge in [0.05, 0.1) is 4.88 Å². The normalized spacial score (nSPS) is 13.4. The molecule has 4 nitrogen and oxygen atoms in total. The Morgan fingerprint density at radius 3 is 3.05 bits per heavy atom. The number of anilines is 1. The number of hydrogen-bond donors (Lipinski definition) is 2. The highest BCUT2D eigenvalue weighted by atomic mass is 32.1. The van der Waals surface area contributed by atoms with E-state index < -0.39 is 0 Å². The molecule has 5 heteroatoms. The number of amides is 1. The molecule has 2 heterocycles. The van der Waals surface area contributed by atoms with E-state index in [4.69, 9.17) is 5.84 Å². The molecule has 1 aromatic heterocycles. The molecule has 19 heavy (non-hydrogen) atoms. The number of benzene rings is 1.